The number of allylic oxidation sites excluding steroid dienone is 3. The van der Waals surface area contributed by atoms with E-state index in [1.807, 2.05) is 25.2 Å². The van der Waals surface area contributed by atoms with Gasteiger partial charge in [-0.2, -0.15) is 0 Å². The van der Waals surface area contributed by atoms with Crippen LogP contribution < -0.4 is 0 Å². The fourth-order valence-electron chi connectivity index (χ4n) is 1.17. The lowest BCUT2D eigenvalue weighted by Crippen LogP contribution is -2.10. The van der Waals surface area contributed by atoms with Gasteiger partial charge in [0, 0.05) is 5.57 Å². The molecule has 0 amide bonds. The van der Waals surface area contributed by atoms with Gasteiger partial charge >= 0.3 is 0 Å². The van der Waals surface area contributed by atoms with Crippen LogP contribution in [0.3, 0.4) is 0 Å². The minimum absolute atomic E-state index is 0.0285. The lowest BCUT2D eigenvalue weighted by molar-refractivity contribution is 0.227. The van der Waals surface area contributed by atoms with Gasteiger partial charge in [-0.1, -0.05) is 30.9 Å². The molecule has 1 aliphatic heterocycles. The van der Waals surface area contributed by atoms with E-state index in [1.54, 1.807) is 6.08 Å². The van der Waals surface area contributed by atoms with E-state index in [9.17, 15) is 0 Å². The Morgan fingerprint density at radius 1 is 1.79 bits per heavy atom. The van der Waals surface area contributed by atoms with E-state index in [-0.39, 0.29) is 12.6 Å². The molecule has 1 aliphatic rings. The van der Waals surface area contributed by atoms with E-state index < -0.39 is 0 Å². The average Bonchev–Trinajstić information content (AvgIpc) is 2.65. The second kappa shape index (κ2) is 5.40. The Hall–Kier alpha value is -1.35. The average molecular weight is 193 g/mol. The van der Waals surface area contributed by atoms with Crippen LogP contribution in [0.2, 0.25) is 0 Å². The topological polar surface area (TPSA) is 41.8 Å². The zero-order valence-electron chi connectivity index (χ0n) is 8.31. The van der Waals surface area contributed by atoms with Crippen molar-refractivity contribution in [3.63, 3.8) is 0 Å². The van der Waals surface area contributed by atoms with Gasteiger partial charge < -0.3 is 9.84 Å². The van der Waals surface area contributed by atoms with Crippen molar-refractivity contribution in [3.8, 4) is 0 Å². The molecular weight excluding hydrogens is 178 g/mol. The molecule has 76 valence electrons. The molecule has 14 heavy (non-hydrogen) atoms. The second-order valence-corrected chi connectivity index (χ2v) is 2.94. The summed E-state index contributed by atoms with van der Waals surface area (Å²) in [5.74, 6) is 0.585. The highest BCUT2D eigenvalue weighted by Crippen LogP contribution is 2.12. The summed E-state index contributed by atoms with van der Waals surface area (Å²) in [6.07, 6.45) is 7.33. The normalized spacial score (nSPS) is 22.3. The first-order valence-corrected chi connectivity index (χ1v) is 4.59. The van der Waals surface area contributed by atoms with Crippen molar-refractivity contribution in [2.45, 2.75) is 13.0 Å². The molecule has 0 bridgehead atoms. The summed E-state index contributed by atoms with van der Waals surface area (Å²) in [5.41, 5.74) is 0.887. The van der Waals surface area contributed by atoms with Crippen molar-refractivity contribution in [2.24, 2.45) is 4.99 Å². The van der Waals surface area contributed by atoms with Crippen LogP contribution in [-0.2, 0) is 4.74 Å². The predicted molar refractivity (Wildman–Crippen MR) is 57.4 cm³/mol. The van der Waals surface area contributed by atoms with E-state index in [0.29, 0.717) is 12.5 Å². The van der Waals surface area contributed by atoms with Crippen molar-refractivity contribution in [1.29, 1.82) is 0 Å². The van der Waals surface area contributed by atoms with Gasteiger partial charge in [0.2, 0.25) is 5.90 Å². The van der Waals surface area contributed by atoms with Crippen LogP contribution in [-0.4, -0.2) is 30.3 Å². The molecule has 0 saturated carbocycles. The van der Waals surface area contributed by atoms with Crippen LogP contribution in [0.15, 0.2) is 41.4 Å². The van der Waals surface area contributed by atoms with Crippen molar-refractivity contribution < 1.29 is 9.84 Å². The van der Waals surface area contributed by atoms with E-state index in [4.69, 9.17) is 9.84 Å². The summed E-state index contributed by atoms with van der Waals surface area (Å²) in [6.45, 7) is 6.03. The summed E-state index contributed by atoms with van der Waals surface area (Å²) in [6, 6.07) is -0.122. The van der Waals surface area contributed by atoms with Gasteiger partial charge in [-0.05, 0) is 6.92 Å². The van der Waals surface area contributed by atoms with Gasteiger partial charge in [0.15, 0.2) is 0 Å². The quantitative estimate of drug-likeness (QED) is 0.687. The van der Waals surface area contributed by atoms with Gasteiger partial charge in [-0.15, -0.1) is 0 Å². The third kappa shape index (κ3) is 2.57. The lowest BCUT2D eigenvalue weighted by atomic mass is 10.2. The number of hydrogen-bond acceptors (Lipinski definition) is 3. The summed E-state index contributed by atoms with van der Waals surface area (Å²) >= 11 is 0. The maximum atomic E-state index is 8.88. The number of aliphatic hydroxyl groups is 1. The molecule has 0 fully saturated rings. The highest BCUT2D eigenvalue weighted by Gasteiger charge is 2.19. The Morgan fingerprint density at radius 3 is 3.07 bits per heavy atom. The predicted octanol–water partition coefficient (Wildman–Crippen LogP) is 1.46. The number of aliphatic hydroxyl groups excluding tert-OH is 1. The number of rotatable bonds is 4. The zero-order chi connectivity index (χ0) is 10.4. The molecule has 0 aromatic carbocycles. The molecule has 3 nitrogen and oxygen atoms in total. The molecule has 0 radical (unpaired) electrons. The fourth-order valence-corrected chi connectivity index (χ4v) is 1.17. The monoisotopic (exact) mass is 193 g/mol. The zero-order valence-corrected chi connectivity index (χ0v) is 8.31. The Labute approximate surface area is 84.1 Å². The van der Waals surface area contributed by atoms with Crippen LogP contribution in [0, 0.1) is 0 Å². The van der Waals surface area contributed by atoms with E-state index in [0.717, 1.165) is 5.57 Å². The van der Waals surface area contributed by atoms with E-state index >= 15 is 0 Å². The van der Waals surface area contributed by atoms with Gasteiger partial charge in [-0.3, -0.25) is 0 Å². The third-order valence-electron chi connectivity index (χ3n) is 1.81. The summed E-state index contributed by atoms with van der Waals surface area (Å²) < 4.78 is 5.35. The molecule has 1 atom stereocenters. The molecular formula is C11H15NO2. The molecule has 0 aliphatic carbocycles. The van der Waals surface area contributed by atoms with Gasteiger partial charge in [0.05, 0.1) is 6.61 Å². The highest BCUT2D eigenvalue weighted by molar-refractivity contribution is 5.97. The van der Waals surface area contributed by atoms with Crippen molar-refractivity contribution >= 4 is 5.90 Å². The van der Waals surface area contributed by atoms with Gasteiger partial charge in [0.1, 0.15) is 12.6 Å². The summed E-state index contributed by atoms with van der Waals surface area (Å²) in [4.78, 5) is 4.22. The minimum Gasteiger partial charge on any atom is -0.475 e. The van der Waals surface area contributed by atoms with Gasteiger partial charge in [0.25, 0.3) is 0 Å². The number of aliphatic imine (C=N–C) groups is 1. The van der Waals surface area contributed by atoms with Crippen molar-refractivity contribution in [2.75, 3.05) is 13.2 Å². The first kappa shape index (κ1) is 10.7. The first-order chi connectivity index (χ1) is 6.81. The lowest BCUT2D eigenvalue weighted by Gasteiger charge is -2.00. The molecule has 0 spiro atoms. The maximum absolute atomic E-state index is 8.88. The number of nitrogens with zero attached hydrogens (tertiary/aromatic N) is 1. The largest absolute Gasteiger partial charge is 0.475 e. The third-order valence-corrected chi connectivity index (χ3v) is 1.81. The highest BCUT2D eigenvalue weighted by atomic mass is 16.5. The molecule has 3 heteroatoms. The van der Waals surface area contributed by atoms with Crippen LogP contribution in [0.1, 0.15) is 6.92 Å². The molecule has 0 saturated heterocycles. The molecule has 0 aromatic rings. The van der Waals surface area contributed by atoms with Gasteiger partial charge in [-0.25, -0.2) is 4.99 Å². The van der Waals surface area contributed by atoms with Crippen LogP contribution >= 0.6 is 0 Å². The molecule has 0 aromatic heterocycles. The molecule has 1 unspecified atom stereocenters. The maximum Gasteiger partial charge on any atom is 0.216 e. The number of ether oxygens (including phenoxy) is 1. The van der Waals surface area contributed by atoms with Crippen molar-refractivity contribution in [1.82, 2.24) is 0 Å². The smallest absolute Gasteiger partial charge is 0.216 e. The Balaban J connectivity index is 2.80. The molecule has 1 heterocycles. The molecule has 1 rings (SSSR count). The van der Waals surface area contributed by atoms with Crippen LogP contribution in [0.25, 0.3) is 0 Å². The van der Waals surface area contributed by atoms with Crippen molar-refractivity contribution in [3.05, 3.63) is 36.5 Å². The van der Waals surface area contributed by atoms with Crippen LogP contribution in [0.5, 0.6) is 0 Å². The summed E-state index contributed by atoms with van der Waals surface area (Å²) in [7, 11) is 0. The number of hydrogen-bond donors (Lipinski definition) is 1. The minimum atomic E-state index is -0.122. The summed E-state index contributed by atoms with van der Waals surface area (Å²) in [5, 5.41) is 8.88. The Kier molecular flexibility index (Phi) is 4.13. The Bertz CT molecular complexity index is 290. The first-order valence-electron chi connectivity index (χ1n) is 4.59. The second-order valence-electron chi connectivity index (χ2n) is 2.94. The standard InChI is InChI=1S/C11H15NO2/c1-3-5-9(6-4-2)11-12-10(7-13)8-14-11/h3-6,10,13H,1,7-8H2,2H3/b6-4-,9-5+. The van der Waals surface area contributed by atoms with E-state index in [2.05, 4.69) is 11.6 Å². The molecule has 1 N–H and O–H groups in total. The van der Waals surface area contributed by atoms with E-state index in [1.165, 1.54) is 0 Å². The fraction of sp³-hybridized carbons (Fsp3) is 0.364. The Morgan fingerprint density at radius 2 is 2.57 bits per heavy atom. The van der Waals surface area contributed by atoms with Crippen LogP contribution in [0.4, 0.5) is 0 Å². The SMILES string of the molecule is C=C/C=C(\C=C/C)C1=NC(CO)CO1.